The van der Waals surface area contributed by atoms with Crippen LogP contribution in [0.1, 0.15) is 45.4 Å². The Balaban J connectivity index is -0.000000545. The average Bonchev–Trinajstić information content (AvgIpc) is 2.77. The maximum Gasteiger partial charge on any atom is 0.407 e. The smallest absolute Gasteiger partial charge is 0.407 e. The number of carboxylic acid groups (broad SMARTS) is 1. The standard InChI is InChI=1S/C9H17N5O4.C8H16N4O2.H3P/c10-7(8(15)16)3-1-2-4-12-9(17)18-6-5-13-14-11;1-2-3-4-5-10-8(13)14-7-6-11-12-9;/h7H,1-6,10H2,(H,12,17)(H,15,16);2-7H2,1H3,(H,10,13);1H3/t7-;;/m0../s1. The number of nitrogens with one attached hydrogen (secondary N) is 2. The molecule has 0 aliphatic rings. The maximum atomic E-state index is 11.0. The van der Waals surface area contributed by atoms with Crippen LogP contribution in [0, 0.1) is 0 Å². The monoisotopic (exact) mass is 493 g/mol. The Bertz CT molecular complexity index is 628. The molecule has 0 aromatic carbocycles. The molecule has 16 heteroatoms. The fraction of sp³-hybridized carbons (Fsp3) is 0.824. The molecule has 0 saturated heterocycles. The Kier molecular flexibility index (Phi) is 28.4. The van der Waals surface area contributed by atoms with E-state index in [0.717, 1.165) is 19.3 Å². The van der Waals surface area contributed by atoms with Crippen molar-refractivity contribution in [3.8, 4) is 0 Å². The van der Waals surface area contributed by atoms with Crippen LogP contribution >= 0.6 is 9.90 Å². The van der Waals surface area contributed by atoms with Gasteiger partial charge in [0, 0.05) is 22.9 Å². The molecule has 0 aliphatic heterocycles. The second-order valence-corrected chi connectivity index (χ2v) is 6.18. The summed E-state index contributed by atoms with van der Waals surface area (Å²) >= 11 is 0. The zero-order chi connectivity index (χ0) is 24.5. The fourth-order valence-electron chi connectivity index (χ4n) is 1.92. The third-order valence-corrected chi connectivity index (χ3v) is 3.55. The van der Waals surface area contributed by atoms with Gasteiger partial charge < -0.3 is 30.9 Å². The Hall–Kier alpha value is -2.98. The van der Waals surface area contributed by atoms with Crippen LogP contribution in [0.5, 0.6) is 0 Å². The number of carboxylic acids is 1. The minimum Gasteiger partial charge on any atom is -0.480 e. The first kappa shape index (κ1) is 34.6. The molecule has 0 aliphatic carbocycles. The van der Waals surface area contributed by atoms with Crippen molar-refractivity contribution in [2.24, 2.45) is 16.0 Å². The molecule has 33 heavy (non-hydrogen) atoms. The van der Waals surface area contributed by atoms with Crippen molar-refractivity contribution < 1.29 is 29.0 Å². The van der Waals surface area contributed by atoms with Gasteiger partial charge in [-0.25, -0.2) is 9.59 Å². The van der Waals surface area contributed by atoms with Crippen molar-refractivity contribution in [1.82, 2.24) is 10.6 Å². The first-order valence-corrected chi connectivity index (χ1v) is 10.2. The van der Waals surface area contributed by atoms with E-state index in [-0.39, 0.29) is 36.2 Å². The highest BCUT2D eigenvalue weighted by Gasteiger charge is 2.10. The minimum atomic E-state index is -1.03. The molecule has 2 atom stereocenters. The third-order valence-electron chi connectivity index (χ3n) is 3.55. The zero-order valence-corrected chi connectivity index (χ0v) is 20.4. The van der Waals surface area contributed by atoms with Gasteiger partial charge in [0.1, 0.15) is 6.04 Å². The van der Waals surface area contributed by atoms with Crippen molar-refractivity contribution in [3.05, 3.63) is 20.9 Å². The van der Waals surface area contributed by atoms with Gasteiger partial charge in [0.05, 0.1) is 26.3 Å². The predicted octanol–water partition coefficient (Wildman–Crippen LogP) is 2.88. The van der Waals surface area contributed by atoms with Crippen LogP contribution in [-0.2, 0) is 14.3 Å². The number of rotatable bonds is 16. The van der Waals surface area contributed by atoms with E-state index in [0.29, 0.717) is 32.4 Å². The van der Waals surface area contributed by atoms with Crippen molar-refractivity contribution >= 4 is 28.1 Å². The molecule has 0 saturated carbocycles. The average molecular weight is 494 g/mol. The normalized spacial score (nSPS) is 9.88. The van der Waals surface area contributed by atoms with Gasteiger partial charge >= 0.3 is 18.2 Å². The molecule has 0 radical (unpaired) electrons. The van der Waals surface area contributed by atoms with E-state index in [2.05, 4.69) is 42.3 Å². The van der Waals surface area contributed by atoms with Gasteiger partial charge in [0.2, 0.25) is 0 Å². The van der Waals surface area contributed by atoms with Gasteiger partial charge in [-0.15, -0.1) is 0 Å². The summed E-state index contributed by atoms with van der Waals surface area (Å²) in [4.78, 5) is 37.4. The van der Waals surface area contributed by atoms with E-state index in [9.17, 15) is 14.4 Å². The van der Waals surface area contributed by atoms with Crippen LogP contribution in [0.4, 0.5) is 9.59 Å². The molecule has 0 spiro atoms. The van der Waals surface area contributed by atoms with Gasteiger partial charge in [-0.3, -0.25) is 4.79 Å². The highest BCUT2D eigenvalue weighted by Crippen LogP contribution is 1.98. The number of aliphatic carboxylic acids is 1. The van der Waals surface area contributed by atoms with E-state index in [1.54, 1.807) is 0 Å². The van der Waals surface area contributed by atoms with Crippen LogP contribution in [-0.4, -0.2) is 68.7 Å². The Labute approximate surface area is 196 Å². The number of ether oxygens (including phenoxy) is 2. The first-order chi connectivity index (χ1) is 15.4. The summed E-state index contributed by atoms with van der Waals surface area (Å²) in [6, 6.07) is -0.860. The summed E-state index contributed by atoms with van der Waals surface area (Å²) in [5, 5.41) is 20.0. The summed E-state index contributed by atoms with van der Waals surface area (Å²) in [5.74, 6) is -1.03. The summed E-state index contributed by atoms with van der Waals surface area (Å²) in [6.07, 6.45) is 3.72. The minimum absolute atomic E-state index is 0. The lowest BCUT2D eigenvalue weighted by Crippen LogP contribution is -2.30. The third kappa shape index (κ3) is 29.0. The number of unbranched alkanes of at least 4 members (excludes halogenated alkanes) is 3. The number of azide groups is 2. The van der Waals surface area contributed by atoms with E-state index < -0.39 is 24.2 Å². The lowest BCUT2D eigenvalue weighted by atomic mass is 10.1. The molecular weight excluding hydrogens is 457 g/mol. The largest absolute Gasteiger partial charge is 0.480 e. The molecule has 0 bridgehead atoms. The molecule has 0 aromatic heterocycles. The zero-order valence-electron chi connectivity index (χ0n) is 19.0. The van der Waals surface area contributed by atoms with Crippen LogP contribution in [0.25, 0.3) is 20.9 Å². The van der Waals surface area contributed by atoms with Crippen LogP contribution < -0.4 is 16.4 Å². The van der Waals surface area contributed by atoms with Crippen LogP contribution in [0.3, 0.4) is 0 Å². The first-order valence-electron chi connectivity index (χ1n) is 10.2. The summed E-state index contributed by atoms with van der Waals surface area (Å²) in [7, 11) is 0. The summed E-state index contributed by atoms with van der Waals surface area (Å²) in [5.41, 5.74) is 21.2. The topological polar surface area (TPSA) is 237 Å². The molecule has 1 unspecified atom stereocenters. The molecule has 2 amide bonds. The quantitative estimate of drug-likeness (QED) is 0.0823. The number of carbonyl (C=O) groups excluding carboxylic acids is 2. The van der Waals surface area contributed by atoms with Gasteiger partial charge in [0.25, 0.3) is 0 Å². The molecular formula is C17H36N9O6P. The number of alkyl carbamates (subject to hydrolysis) is 2. The number of nitrogens with zero attached hydrogens (tertiary/aromatic N) is 6. The maximum absolute atomic E-state index is 11.0. The molecule has 0 heterocycles. The Morgan fingerprint density at radius 2 is 1.39 bits per heavy atom. The highest BCUT2D eigenvalue weighted by atomic mass is 31.0. The second kappa shape index (κ2) is 27.1. The SMILES string of the molecule is CCCCCNC(=O)OCCN=[N+]=[N-].P.[N-]=[N+]=NCCOC(=O)NCCCC[C@H](N)C(=O)O. The second-order valence-electron chi connectivity index (χ2n) is 6.18. The van der Waals surface area contributed by atoms with Gasteiger partial charge in [-0.05, 0) is 36.7 Å². The van der Waals surface area contributed by atoms with E-state index in [4.69, 9.17) is 26.6 Å². The predicted molar refractivity (Wildman–Crippen MR) is 127 cm³/mol. The van der Waals surface area contributed by atoms with Gasteiger partial charge in [-0.1, -0.05) is 30.0 Å². The fourth-order valence-corrected chi connectivity index (χ4v) is 1.92. The lowest BCUT2D eigenvalue weighted by molar-refractivity contribution is -0.138. The Morgan fingerprint density at radius 3 is 1.79 bits per heavy atom. The number of hydrogen-bond donors (Lipinski definition) is 4. The molecule has 0 aromatic rings. The lowest BCUT2D eigenvalue weighted by Gasteiger charge is -2.07. The van der Waals surface area contributed by atoms with Gasteiger partial charge in [0.15, 0.2) is 0 Å². The van der Waals surface area contributed by atoms with Crippen LogP contribution in [0.2, 0.25) is 0 Å². The molecule has 190 valence electrons. The number of nitrogens with two attached hydrogens (primary N) is 1. The molecule has 0 rings (SSSR count). The Morgan fingerprint density at radius 1 is 0.939 bits per heavy atom. The van der Waals surface area contributed by atoms with Gasteiger partial charge in [-0.2, -0.15) is 9.90 Å². The summed E-state index contributed by atoms with van der Waals surface area (Å²) in [6.45, 7) is 3.54. The van der Waals surface area contributed by atoms with E-state index in [1.165, 1.54) is 0 Å². The number of carbonyl (C=O) groups is 3. The molecule has 15 nitrogen and oxygen atoms in total. The number of amides is 2. The molecule has 0 fully saturated rings. The van der Waals surface area contributed by atoms with E-state index >= 15 is 0 Å². The van der Waals surface area contributed by atoms with Crippen molar-refractivity contribution in [1.29, 1.82) is 0 Å². The van der Waals surface area contributed by atoms with E-state index in [1.807, 2.05) is 0 Å². The van der Waals surface area contributed by atoms with Crippen molar-refractivity contribution in [2.45, 2.75) is 51.5 Å². The number of hydrogen-bond acceptors (Lipinski definition) is 8. The highest BCUT2D eigenvalue weighted by molar-refractivity contribution is 6.92. The van der Waals surface area contributed by atoms with Crippen LogP contribution in [0.15, 0.2) is 10.2 Å². The summed E-state index contributed by atoms with van der Waals surface area (Å²) < 4.78 is 9.39. The molecule has 5 N–H and O–H groups in total. The van der Waals surface area contributed by atoms with Crippen molar-refractivity contribution in [3.63, 3.8) is 0 Å². The van der Waals surface area contributed by atoms with Crippen molar-refractivity contribution in [2.75, 3.05) is 39.4 Å².